The predicted octanol–water partition coefficient (Wildman–Crippen LogP) is 3.84. The van der Waals surface area contributed by atoms with Crippen molar-refractivity contribution in [2.45, 2.75) is 39.3 Å². The minimum Gasteiger partial charge on any atom is -0.495 e. The number of nitrogens with one attached hydrogen (secondary N) is 1. The summed E-state index contributed by atoms with van der Waals surface area (Å²) in [5.41, 5.74) is 1.96. The topological polar surface area (TPSA) is 139 Å². The van der Waals surface area contributed by atoms with Crippen molar-refractivity contribution >= 4 is 33.2 Å². The van der Waals surface area contributed by atoms with Crippen molar-refractivity contribution in [3.8, 4) is 5.75 Å². The van der Waals surface area contributed by atoms with Crippen LogP contribution in [0, 0.1) is 17.0 Å². The molecule has 42 heavy (non-hydrogen) atoms. The maximum absolute atomic E-state index is 14.2. The molecule has 0 saturated carbocycles. The van der Waals surface area contributed by atoms with E-state index in [1.54, 1.807) is 0 Å². The van der Waals surface area contributed by atoms with Gasteiger partial charge in [0.1, 0.15) is 24.0 Å². The number of nitro groups is 1. The summed E-state index contributed by atoms with van der Waals surface area (Å²) >= 11 is 0. The monoisotopic (exact) mass is 596 g/mol. The van der Waals surface area contributed by atoms with E-state index in [2.05, 4.69) is 5.32 Å². The number of sulfonamides is 1. The van der Waals surface area contributed by atoms with Crippen LogP contribution >= 0.6 is 0 Å². The second-order valence-electron chi connectivity index (χ2n) is 9.83. The molecule has 3 rings (SSSR count). The van der Waals surface area contributed by atoms with Crippen LogP contribution in [0.3, 0.4) is 0 Å². The van der Waals surface area contributed by atoms with Gasteiger partial charge in [0, 0.05) is 31.6 Å². The third-order valence-electron chi connectivity index (χ3n) is 6.74. The average Bonchev–Trinajstić information content (AvgIpc) is 2.96. The molecule has 0 aliphatic rings. The summed E-state index contributed by atoms with van der Waals surface area (Å²) in [6, 6.07) is 19.2. The quantitative estimate of drug-likeness (QED) is 0.220. The van der Waals surface area contributed by atoms with Crippen molar-refractivity contribution in [2.75, 3.05) is 30.8 Å². The third-order valence-corrected chi connectivity index (χ3v) is 7.87. The highest BCUT2D eigenvalue weighted by molar-refractivity contribution is 7.92. The van der Waals surface area contributed by atoms with E-state index in [9.17, 15) is 28.1 Å². The van der Waals surface area contributed by atoms with Crippen LogP contribution in [-0.4, -0.2) is 62.6 Å². The highest BCUT2D eigenvalue weighted by atomic mass is 32.2. The number of carbonyl (C=O) groups is 2. The number of aryl methyl sites for hydroxylation is 1. The summed E-state index contributed by atoms with van der Waals surface area (Å²) in [7, 11) is -2.84. The molecule has 0 heterocycles. The molecular formula is C30H36N4O7S. The Morgan fingerprint density at radius 1 is 1.05 bits per heavy atom. The Bertz CT molecular complexity index is 1510. The van der Waals surface area contributed by atoms with Crippen molar-refractivity contribution < 1.29 is 27.7 Å². The van der Waals surface area contributed by atoms with Gasteiger partial charge in [-0.1, -0.05) is 61.5 Å². The second kappa shape index (κ2) is 14.4. The lowest BCUT2D eigenvalue weighted by atomic mass is 10.0. The lowest BCUT2D eigenvalue weighted by Gasteiger charge is -2.34. The number of non-ortho nitro benzene ring substituents is 1. The molecule has 0 aliphatic heterocycles. The van der Waals surface area contributed by atoms with Gasteiger partial charge in [0.15, 0.2) is 0 Å². The largest absolute Gasteiger partial charge is 0.495 e. The highest BCUT2D eigenvalue weighted by Gasteiger charge is 2.34. The number of rotatable bonds is 14. The van der Waals surface area contributed by atoms with Crippen LogP contribution < -0.4 is 14.4 Å². The molecule has 2 amide bonds. The van der Waals surface area contributed by atoms with E-state index < -0.39 is 33.4 Å². The number of benzene rings is 3. The Kier molecular flexibility index (Phi) is 11.0. The molecule has 1 atom stereocenters. The molecule has 0 fully saturated rings. The number of amides is 2. The van der Waals surface area contributed by atoms with Gasteiger partial charge in [-0.2, -0.15) is 0 Å². The van der Waals surface area contributed by atoms with Crippen LogP contribution in [0.5, 0.6) is 5.75 Å². The van der Waals surface area contributed by atoms with Gasteiger partial charge in [-0.15, -0.1) is 0 Å². The molecule has 0 aromatic heterocycles. The molecule has 1 N–H and O–H groups in total. The summed E-state index contributed by atoms with van der Waals surface area (Å²) in [6.07, 6.45) is 1.77. The predicted molar refractivity (Wildman–Crippen MR) is 161 cm³/mol. The molecule has 224 valence electrons. The maximum atomic E-state index is 14.2. The summed E-state index contributed by atoms with van der Waals surface area (Å²) in [6.45, 7) is 3.52. The number of nitro benzene ring substituents is 1. The van der Waals surface area contributed by atoms with E-state index in [1.165, 1.54) is 24.1 Å². The van der Waals surface area contributed by atoms with E-state index in [1.807, 2.05) is 68.4 Å². The van der Waals surface area contributed by atoms with Crippen LogP contribution in [0.4, 0.5) is 11.4 Å². The first-order valence-corrected chi connectivity index (χ1v) is 15.3. The van der Waals surface area contributed by atoms with E-state index in [0.717, 1.165) is 33.3 Å². The van der Waals surface area contributed by atoms with E-state index >= 15 is 0 Å². The summed E-state index contributed by atoms with van der Waals surface area (Å²) in [4.78, 5) is 40.0. The van der Waals surface area contributed by atoms with Gasteiger partial charge < -0.3 is 15.0 Å². The summed E-state index contributed by atoms with van der Waals surface area (Å²) in [5, 5.41) is 14.4. The van der Waals surface area contributed by atoms with Gasteiger partial charge in [-0.25, -0.2) is 8.42 Å². The standard InChI is InChI=1S/C30H36N4O7S/c1-5-17-31-30(36)27(18-23-12-7-6-8-13-23)32(20-24-14-10-9-11-22(24)2)29(35)21-33(42(4,39)40)26-19-25(34(37)38)15-16-28(26)41-3/h6-16,19,27H,5,17-18,20-21H2,1-4H3,(H,31,36). The Hall–Kier alpha value is -4.45. The molecule has 0 saturated heterocycles. The number of carbonyl (C=O) groups excluding carboxylic acids is 2. The molecule has 3 aromatic rings. The molecule has 1 unspecified atom stereocenters. The third kappa shape index (κ3) is 8.29. The zero-order chi connectivity index (χ0) is 30.9. The molecule has 11 nitrogen and oxygen atoms in total. The average molecular weight is 597 g/mol. The van der Waals surface area contributed by atoms with Crippen LogP contribution in [0.15, 0.2) is 72.8 Å². The van der Waals surface area contributed by atoms with E-state index in [-0.39, 0.29) is 36.0 Å². The van der Waals surface area contributed by atoms with Crippen LogP contribution in [0.25, 0.3) is 0 Å². The fourth-order valence-corrected chi connectivity index (χ4v) is 5.32. The minimum absolute atomic E-state index is 0.0332. The molecular weight excluding hydrogens is 560 g/mol. The van der Waals surface area contributed by atoms with E-state index in [0.29, 0.717) is 13.0 Å². The molecule has 3 aromatic carbocycles. The van der Waals surface area contributed by atoms with Gasteiger partial charge in [-0.05, 0) is 36.1 Å². The molecule has 0 spiro atoms. The lowest BCUT2D eigenvalue weighted by molar-refractivity contribution is -0.384. The van der Waals surface area contributed by atoms with Gasteiger partial charge in [-0.3, -0.25) is 24.0 Å². The van der Waals surface area contributed by atoms with Crippen molar-refractivity contribution in [1.82, 2.24) is 10.2 Å². The van der Waals surface area contributed by atoms with Crippen LogP contribution in [-0.2, 0) is 32.6 Å². The normalized spacial score (nSPS) is 11.8. The SMILES string of the molecule is CCCNC(=O)C(Cc1ccccc1)N(Cc1ccccc1C)C(=O)CN(c1cc([N+](=O)[O-])ccc1OC)S(C)(=O)=O. The number of hydrogen-bond donors (Lipinski definition) is 1. The minimum atomic E-state index is -4.14. The highest BCUT2D eigenvalue weighted by Crippen LogP contribution is 2.34. The Labute approximate surface area is 246 Å². The zero-order valence-electron chi connectivity index (χ0n) is 24.1. The fraction of sp³-hybridized carbons (Fsp3) is 0.333. The molecule has 0 radical (unpaired) electrons. The summed E-state index contributed by atoms with van der Waals surface area (Å²) in [5.74, 6) is -1.00. The van der Waals surface area contributed by atoms with Gasteiger partial charge in [0.25, 0.3) is 5.69 Å². The number of methoxy groups -OCH3 is 1. The first-order chi connectivity index (χ1) is 20.0. The number of nitrogens with zero attached hydrogens (tertiary/aromatic N) is 3. The summed E-state index contributed by atoms with van der Waals surface area (Å²) < 4.78 is 32.2. The van der Waals surface area contributed by atoms with Gasteiger partial charge in [0.05, 0.1) is 18.3 Å². The Balaban J connectivity index is 2.12. The van der Waals surface area contributed by atoms with Gasteiger partial charge >= 0.3 is 0 Å². The molecule has 12 heteroatoms. The van der Waals surface area contributed by atoms with Crippen molar-refractivity contribution in [3.63, 3.8) is 0 Å². The maximum Gasteiger partial charge on any atom is 0.271 e. The molecule has 0 aliphatic carbocycles. The van der Waals surface area contributed by atoms with Crippen molar-refractivity contribution in [1.29, 1.82) is 0 Å². The second-order valence-corrected chi connectivity index (χ2v) is 11.7. The number of hydrogen-bond acceptors (Lipinski definition) is 7. The van der Waals surface area contributed by atoms with E-state index in [4.69, 9.17) is 4.74 Å². The van der Waals surface area contributed by atoms with Crippen LogP contribution in [0.2, 0.25) is 0 Å². The van der Waals surface area contributed by atoms with Crippen molar-refractivity contribution in [3.05, 3.63) is 99.6 Å². The fourth-order valence-electron chi connectivity index (χ4n) is 4.47. The lowest BCUT2D eigenvalue weighted by Crippen LogP contribution is -2.53. The number of anilines is 1. The smallest absolute Gasteiger partial charge is 0.271 e. The Morgan fingerprint density at radius 2 is 1.71 bits per heavy atom. The van der Waals surface area contributed by atoms with Gasteiger partial charge in [0.2, 0.25) is 21.8 Å². The van der Waals surface area contributed by atoms with Crippen LogP contribution in [0.1, 0.15) is 30.0 Å². The first kappa shape index (κ1) is 32.1. The molecule has 0 bridgehead atoms. The number of ether oxygens (including phenoxy) is 1. The Morgan fingerprint density at radius 3 is 2.31 bits per heavy atom. The van der Waals surface area contributed by atoms with Crippen molar-refractivity contribution in [2.24, 2.45) is 0 Å². The first-order valence-electron chi connectivity index (χ1n) is 13.4. The zero-order valence-corrected chi connectivity index (χ0v) is 25.0.